The van der Waals surface area contributed by atoms with Gasteiger partial charge in [0.15, 0.2) is 31.5 Å². The van der Waals surface area contributed by atoms with Crippen molar-refractivity contribution in [1.82, 2.24) is 0 Å². The number of ether oxygens (including phenoxy) is 9. The molecule has 25 atom stereocenters. The predicted octanol–water partition coefficient (Wildman–Crippen LogP) is -11.9. The van der Waals surface area contributed by atoms with E-state index < -0.39 is 187 Å². The fraction of sp³-hybridized carbons (Fsp3) is 1.00. The first-order chi connectivity index (χ1) is 26.4. The van der Waals surface area contributed by atoms with Gasteiger partial charge in [0, 0.05) is 0 Å². The molecule has 0 aliphatic carbocycles. The molecule has 328 valence electrons. The van der Waals surface area contributed by atoms with Gasteiger partial charge in [-0.1, -0.05) is 0 Å². The molecule has 5 heterocycles. The summed E-state index contributed by atoms with van der Waals surface area (Å²) in [6, 6.07) is 0. The molecule has 10 unspecified atom stereocenters. The first-order valence-corrected chi connectivity index (χ1v) is 17.6. The van der Waals surface area contributed by atoms with Crippen molar-refractivity contribution in [2.24, 2.45) is 0 Å². The third kappa shape index (κ3) is 9.61. The van der Waals surface area contributed by atoms with Gasteiger partial charge in [-0.15, -0.1) is 0 Å². The normalized spacial score (nSPS) is 53.2. The van der Waals surface area contributed by atoms with Crippen LogP contribution in [0.5, 0.6) is 0 Å². The largest absolute Gasteiger partial charge is 0.394 e. The van der Waals surface area contributed by atoms with Crippen molar-refractivity contribution >= 4 is 0 Å². The number of aliphatic hydroxyl groups excluding tert-OH is 17. The molecule has 5 aliphatic heterocycles. The molecule has 0 aromatic heterocycles. The van der Waals surface area contributed by atoms with Crippen LogP contribution in [-0.2, 0) is 42.6 Å². The average Bonchev–Trinajstić information content (AvgIpc) is 3.18. The smallest absolute Gasteiger partial charge is 0.187 e. The van der Waals surface area contributed by atoms with Gasteiger partial charge < -0.3 is 129 Å². The van der Waals surface area contributed by atoms with E-state index in [1.54, 1.807) is 0 Å². The van der Waals surface area contributed by atoms with E-state index in [-0.39, 0.29) is 0 Å². The Morgan fingerprint density at radius 1 is 0.304 bits per heavy atom. The van der Waals surface area contributed by atoms with Crippen LogP contribution in [-0.4, -0.2) is 273 Å². The molecule has 0 saturated carbocycles. The molecule has 26 heteroatoms. The topological polar surface area (TPSA) is 427 Å². The van der Waals surface area contributed by atoms with Gasteiger partial charge in [0.1, 0.15) is 122 Å². The highest BCUT2D eigenvalue weighted by molar-refractivity contribution is 4.96. The molecule has 0 amide bonds. The second-order valence-corrected chi connectivity index (χ2v) is 14.1. The minimum atomic E-state index is -2.05. The lowest BCUT2D eigenvalue weighted by molar-refractivity contribution is -0.371. The molecule has 56 heavy (non-hydrogen) atoms. The fourth-order valence-electron chi connectivity index (χ4n) is 6.71. The highest BCUT2D eigenvalue weighted by Crippen LogP contribution is 2.32. The van der Waals surface area contributed by atoms with Crippen LogP contribution < -0.4 is 0 Å². The van der Waals surface area contributed by atoms with Gasteiger partial charge in [-0.3, -0.25) is 0 Å². The summed E-state index contributed by atoms with van der Waals surface area (Å²) in [5.41, 5.74) is 0. The van der Waals surface area contributed by atoms with Crippen LogP contribution in [0.15, 0.2) is 0 Å². The summed E-state index contributed by atoms with van der Waals surface area (Å²) in [5, 5.41) is 175. The molecule has 26 nitrogen and oxygen atoms in total. The minimum absolute atomic E-state index is 0.699. The highest BCUT2D eigenvalue weighted by atomic mass is 16.8. The van der Waals surface area contributed by atoms with E-state index in [0.717, 1.165) is 0 Å². The first-order valence-electron chi connectivity index (χ1n) is 17.6. The van der Waals surface area contributed by atoms with Crippen LogP contribution in [0.4, 0.5) is 0 Å². The number of hydrogen-bond acceptors (Lipinski definition) is 26. The number of hydrogen-bond donors (Lipinski definition) is 17. The summed E-state index contributed by atoms with van der Waals surface area (Å²) in [6.45, 7) is -3.94. The third-order valence-corrected chi connectivity index (χ3v) is 10.3. The van der Waals surface area contributed by atoms with Crippen molar-refractivity contribution in [2.75, 3.05) is 33.0 Å². The van der Waals surface area contributed by atoms with E-state index in [4.69, 9.17) is 42.6 Å². The molecular weight excluding hydrogens is 776 g/mol. The SMILES string of the molecule is OCC1O[C@@H](O[C@@H]2C(O)[C@@H](OCC3O[C@H](OCC4O[C@H](O)C(O)[C@@H](O)[C@@H]4O)C(O)[C@@H](O)[C@@H]3O)OC(CO[C@H]3OC(CO)[C@@H](O)[C@H](O)C3O)[C@H]2O)[C@@H](O)C(O)[C@@H]1O. The summed E-state index contributed by atoms with van der Waals surface area (Å²) >= 11 is 0. The molecule has 0 radical (unpaired) electrons. The van der Waals surface area contributed by atoms with E-state index in [2.05, 4.69) is 0 Å². The second kappa shape index (κ2) is 19.6. The van der Waals surface area contributed by atoms with Crippen LogP contribution in [0, 0.1) is 0 Å². The lowest BCUT2D eigenvalue weighted by Crippen LogP contribution is -2.65. The Labute approximate surface area is 316 Å². The van der Waals surface area contributed by atoms with Gasteiger partial charge >= 0.3 is 0 Å². The van der Waals surface area contributed by atoms with E-state index >= 15 is 0 Å². The van der Waals surface area contributed by atoms with Gasteiger partial charge in [-0.25, -0.2) is 0 Å². The van der Waals surface area contributed by atoms with Crippen molar-refractivity contribution in [3.8, 4) is 0 Å². The quantitative estimate of drug-likeness (QED) is 0.0819. The first kappa shape index (κ1) is 46.0. The zero-order chi connectivity index (χ0) is 41.3. The Morgan fingerprint density at radius 3 is 1.07 bits per heavy atom. The Hall–Kier alpha value is -1.04. The monoisotopic (exact) mass is 828 g/mol. The van der Waals surface area contributed by atoms with Crippen LogP contribution >= 0.6 is 0 Å². The minimum Gasteiger partial charge on any atom is -0.394 e. The molecule has 5 aliphatic rings. The van der Waals surface area contributed by atoms with E-state index in [1.807, 2.05) is 0 Å². The molecule has 0 aromatic rings. The molecular formula is C30H52O26. The molecule has 0 bridgehead atoms. The molecule has 5 fully saturated rings. The highest BCUT2D eigenvalue weighted by Gasteiger charge is 2.53. The van der Waals surface area contributed by atoms with Gasteiger partial charge in [-0.2, -0.15) is 0 Å². The Balaban J connectivity index is 1.29. The predicted molar refractivity (Wildman–Crippen MR) is 167 cm³/mol. The standard InChI is InChI=1S/C30H52O26/c31-1-6-11(33)17(39)21(43)27(52-6)49-5-10-15(37)25(56-30-23(45)18(40)12(34)7(2-32)53-30)24(46)29(55-10)50-4-9-14(36)19(41)22(44)28(54-9)48-3-8-13(35)16(38)20(42)26(47)51-8/h6-47H,1-5H2/t6?,7?,8?,9?,10?,11-,12-,13-,14-,15-,16+,17+,18?,19+,20?,21?,22?,23+,24?,25+,26+,27+,28+,29+,30+/m1/s1. The summed E-state index contributed by atoms with van der Waals surface area (Å²) in [4.78, 5) is 0. The maximum absolute atomic E-state index is 11.3. The van der Waals surface area contributed by atoms with Crippen molar-refractivity contribution in [3.05, 3.63) is 0 Å². The molecule has 5 rings (SSSR count). The Morgan fingerprint density at radius 2 is 0.625 bits per heavy atom. The van der Waals surface area contributed by atoms with Gasteiger partial charge in [0.2, 0.25) is 0 Å². The Bertz CT molecular complexity index is 1200. The third-order valence-electron chi connectivity index (χ3n) is 10.3. The van der Waals surface area contributed by atoms with E-state index in [9.17, 15) is 86.8 Å². The van der Waals surface area contributed by atoms with Gasteiger partial charge in [0.05, 0.1) is 33.0 Å². The van der Waals surface area contributed by atoms with Gasteiger partial charge in [-0.05, 0) is 0 Å². The summed E-state index contributed by atoms with van der Waals surface area (Å²) in [5.74, 6) is 0. The summed E-state index contributed by atoms with van der Waals surface area (Å²) < 4.78 is 49.0. The van der Waals surface area contributed by atoms with Crippen LogP contribution in [0.1, 0.15) is 0 Å². The molecule has 0 aromatic carbocycles. The molecule has 0 spiro atoms. The van der Waals surface area contributed by atoms with E-state index in [1.165, 1.54) is 0 Å². The van der Waals surface area contributed by atoms with Crippen LogP contribution in [0.2, 0.25) is 0 Å². The second-order valence-electron chi connectivity index (χ2n) is 14.1. The molecule has 17 N–H and O–H groups in total. The zero-order valence-electron chi connectivity index (χ0n) is 29.2. The van der Waals surface area contributed by atoms with E-state index in [0.29, 0.717) is 0 Å². The van der Waals surface area contributed by atoms with Crippen molar-refractivity contribution in [2.45, 2.75) is 154 Å². The lowest BCUT2D eigenvalue weighted by atomic mass is 9.96. The summed E-state index contributed by atoms with van der Waals surface area (Å²) in [7, 11) is 0. The fourth-order valence-corrected chi connectivity index (χ4v) is 6.71. The number of rotatable bonds is 13. The van der Waals surface area contributed by atoms with Crippen LogP contribution in [0.3, 0.4) is 0 Å². The Kier molecular flexibility index (Phi) is 16.1. The van der Waals surface area contributed by atoms with Crippen molar-refractivity contribution < 1.29 is 129 Å². The lowest BCUT2D eigenvalue weighted by Gasteiger charge is -2.47. The number of aliphatic hydroxyl groups is 17. The summed E-state index contributed by atoms with van der Waals surface area (Å²) in [6.07, 6.45) is -45.3. The maximum atomic E-state index is 11.3. The molecule has 5 saturated heterocycles. The zero-order valence-corrected chi connectivity index (χ0v) is 29.2. The van der Waals surface area contributed by atoms with Crippen molar-refractivity contribution in [3.63, 3.8) is 0 Å². The van der Waals surface area contributed by atoms with Crippen molar-refractivity contribution in [1.29, 1.82) is 0 Å². The van der Waals surface area contributed by atoms with Gasteiger partial charge in [0.25, 0.3) is 0 Å². The van der Waals surface area contributed by atoms with Crippen LogP contribution in [0.25, 0.3) is 0 Å². The average molecular weight is 829 g/mol. The maximum Gasteiger partial charge on any atom is 0.187 e.